The van der Waals surface area contributed by atoms with E-state index in [1.54, 1.807) is 44.7 Å². The largest absolute Gasteiger partial charge is 0.493 e. The van der Waals surface area contributed by atoms with E-state index in [1.165, 1.54) is 0 Å². The van der Waals surface area contributed by atoms with Crippen molar-refractivity contribution in [3.05, 3.63) is 58.7 Å². The van der Waals surface area contributed by atoms with Crippen molar-refractivity contribution < 1.29 is 14.3 Å². The van der Waals surface area contributed by atoms with E-state index in [4.69, 9.17) is 9.47 Å². The van der Waals surface area contributed by atoms with Crippen LogP contribution in [-0.2, 0) is 0 Å². The molecule has 0 spiro atoms. The zero-order chi connectivity index (χ0) is 16.7. The summed E-state index contributed by atoms with van der Waals surface area (Å²) in [5, 5.41) is 5.36. The van der Waals surface area contributed by atoms with E-state index in [2.05, 4.69) is 26.6 Å². The predicted molar refractivity (Wildman–Crippen MR) is 94.9 cm³/mol. The molecule has 6 heteroatoms. The summed E-state index contributed by atoms with van der Waals surface area (Å²) in [5.74, 6) is 1.16. The minimum absolute atomic E-state index is 0.342. The number of methoxy groups -OCH3 is 2. The van der Waals surface area contributed by atoms with Crippen molar-refractivity contribution in [1.82, 2.24) is 5.32 Å². The van der Waals surface area contributed by atoms with Crippen molar-refractivity contribution in [2.24, 2.45) is 0 Å². The standard InChI is InChI=1S/C17H17BrN2O3/c1-22-15-8-7-14(11-16(15)23-2)20-17(21)19-10-9-12-3-5-13(18)6-4-12/h3-11H,1-2H3,(H2,19,20,21)/b10-9+. The second kappa shape index (κ2) is 8.24. The Balaban J connectivity index is 1.93. The van der Waals surface area contributed by atoms with E-state index in [0.29, 0.717) is 17.2 Å². The first-order chi connectivity index (χ1) is 11.1. The third kappa shape index (κ3) is 5.03. The molecule has 0 saturated carbocycles. The predicted octanol–water partition coefficient (Wildman–Crippen LogP) is 4.26. The molecule has 2 aromatic carbocycles. The van der Waals surface area contributed by atoms with E-state index < -0.39 is 0 Å². The van der Waals surface area contributed by atoms with Crippen molar-refractivity contribution in [2.75, 3.05) is 19.5 Å². The van der Waals surface area contributed by atoms with Gasteiger partial charge in [0, 0.05) is 22.4 Å². The lowest BCUT2D eigenvalue weighted by molar-refractivity contribution is 0.255. The third-order valence-electron chi connectivity index (χ3n) is 3.00. The molecule has 0 fully saturated rings. The molecule has 0 aromatic heterocycles. The topological polar surface area (TPSA) is 59.6 Å². The minimum atomic E-state index is -0.342. The van der Waals surface area contributed by atoms with E-state index in [9.17, 15) is 4.79 Å². The van der Waals surface area contributed by atoms with Gasteiger partial charge in [0.25, 0.3) is 0 Å². The Morgan fingerprint density at radius 1 is 1.04 bits per heavy atom. The van der Waals surface area contributed by atoms with Crippen LogP contribution in [0.5, 0.6) is 11.5 Å². The first kappa shape index (κ1) is 16.9. The lowest BCUT2D eigenvalue weighted by atomic mass is 10.2. The smallest absolute Gasteiger partial charge is 0.323 e. The molecule has 2 rings (SSSR count). The maximum absolute atomic E-state index is 11.9. The molecule has 0 aliphatic heterocycles. The van der Waals surface area contributed by atoms with Crippen molar-refractivity contribution in [3.63, 3.8) is 0 Å². The Morgan fingerprint density at radius 3 is 2.39 bits per heavy atom. The van der Waals surface area contributed by atoms with E-state index in [1.807, 2.05) is 24.3 Å². The molecular weight excluding hydrogens is 360 g/mol. The van der Waals surface area contributed by atoms with Crippen molar-refractivity contribution >= 4 is 33.7 Å². The van der Waals surface area contributed by atoms with Crippen LogP contribution in [-0.4, -0.2) is 20.3 Å². The molecule has 0 unspecified atom stereocenters. The molecule has 2 aromatic rings. The van der Waals surface area contributed by atoms with Gasteiger partial charge in [0.05, 0.1) is 14.2 Å². The normalized spacial score (nSPS) is 10.4. The fourth-order valence-corrected chi connectivity index (χ4v) is 2.13. The van der Waals surface area contributed by atoms with Crippen molar-refractivity contribution in [2.45, 2.75) is 0 Å². The summed E-state index contributed by atoms with van der Waals surface area (Å²) in [6.45, 7) is 0. The number of hydrogen-bond acceptors (Lipinski definition) is 3. The molecule has 0 radical (unpaired) electrons. The summed E-state index contributed by atoms with van der Waals surface area (Å²) in [7, 11) is 3.10. The summed E-state index contributed by atoms with van der Waals surface area (Å²) < 4.78 is 11.4. The Kier molecular flexibility index (Phi) is 6.05. The van der Waals surface area contributed by atoms with Gasteiger partial charge in [0.15, 0.2) is 11.5 Å². The van der Waals surface area contributed by atoms with E-state index >= 15 is 0 Å². The second-order valence-electron chi connectivity index (χ2n) is 4.55. The van der Waals surface area contributed by atoms with Crippen LogP contribution in [0.25, 0.3) is 6.08 Å². The Morgan fingerprint density at radius 2 is 1.74 bits per heavy atom. The zero-order valence-corrected chi connectivity index (χ0v) is 14.4. The summed E-state index contributed by atoms with van der Waals surface area (Å²) in [4.78, 5) is 11.9. The highest BCUT2D eigenvalue weighted by Gasteiger charge is 2.06. The summed E-state index contributed by atoms with van der Waals surface area (Å²) in [6, 6.07) is 12.6. The van der Waals surface area contributed by atoms with Gasteiger partial charge in [0.2, 0.25) is 0 Å². The quantitative estimate of drug-likeness (QED) is 0.819. The van der Waals surface area contributed by atoms with Crippen LogP contribution in [0, 0.1) is 0 Å². The first-order valence-electron chi connectivity index (χ1n) is 6.84. The number of halogens is 1. The molecule has 0 saturated heterocycles. The van der Waals surface area contributed by atoms with Crippen LogP contribution in [0.2, 0.25) is 0 Å². The minimum Gasteiger partial charge on any atom is -0.493 e. The Bertz CT molecular complexity index is 699. The van der Waals surface area contributed by atoms with Crippen LogP contribution in [0.15, 0.2) is 53.1 Å². The number of carbonyl (C=O) groups is 1. The molecule has 5 nitrogen and oxygen atoms in total. The summed E-state index contributed by atoms with van der Waals surface area (Å²) in [5.41, 5.74) is 1.59. The van der Waals surface area contributed by atoms with Gasteiger partial charge < -0.3 is 20.1 Å². The molecule has 120 valence electrons. The monoisotopic (exact) mass is 376 g/mol. The first-order valence-corrected chi connectivity index (χ1v) is 7.63. The van der Waals surface area contributed by atoms with Crippen LogP contribution < -0.4 is 20.1 Å². The Hall–Kier alpha value is -2.47. The fraction of sp³-hybridized carbons (Fsp3) is 0.118. The number of hydrogen-bond donors (Lipinski definition) is 2. The number of nitrogens with one attached hydrogen (secondary N) is 2. The van der Waals surface area contributed by atoms with Crippen LogP contribution in [0.4, 0.5) is 10.5 Å². The molecule has 0 atom stereocenters. The third-order valence-corrected chi connectivity index (χ3v) is 3.53. The van der Waals surface area contributed by atoms with Gasteiger partial charge >= 0.3 is 6.03 Å². The highest BCUT2D eigenvalue weighted by Crippen LogP contribution is 2.29. The Labute approximate surface area is 143 Å². The number of ether oxygens (including phenoxy) is 2. The number of benzene rings is 2. The van der Waals surface area contributed by atoms with Gasteiger partial charge in [-0.1, -0.05) is 28.1 Å². The molecule has 0 aliphatic rings. The van der Waals surface area contributed by atoms with Gasteiger partial charge in [0.1, 0.15) is 0 Å². The van der Waals surface area contributed by atoms with Gasteiger partial charge in [-0.3, -0.25) is 0 Å². The second-order valence-corrected chi connectivity index (χ2v) is 5.47. The van der Waals surface area contributed by atoms with Crippen LogP contribution in [0.3, 0.4) is 0 Å². The maximum Gasteiger partial charge on any atom is 0.323 e. The highest BCUT2D eigenvalue weighted by molar-refractivity contribution is 9.10. The molecule has 2 amide bonds. The fourth-order valence-electron chi connectivity index (χ4n) is 1.87. The molecule has 23 heavy (non-hydrogen) atoms. The van der Waals surface area contributed by atoms with Gasteiger partial charge in [-0.05, 0) is 35.9 Å². The van der Waals surface area contributed by atoms with Crippen molar-refractivity contribution in [3.8, 4) is 11.5 Å². The van der Waals surface area contributed by atoms with Gasteiger partial charge in [-0.2, -0.15) is 0 Å². The number of urea groups is 1. The van der Waals surface area contributed by atoms with Crippen LogP contribution >= 0.6 is 15.9 Å². The molecule has 0 heterocycles. The van der Waals surface area contributed by atoms with Crippen molar-refractivity contribution in [1.29, 1.82) is 0 Å². The highest BCUT2D eigenvalue weighted by atomic mass is 79.9. The average Bonchev–Trinajstić information content (AvgIpc) is 2.56. The van der Waals surface area contributed by atoms with E-state index in [0.717, 1.165) is 10.0 Å². The number of carbonyl (C=O) groups excluding carboxylic acids is 1. The van der Waals surface area contributed by atoms with Gasteiger partial charge in [-0.25, -0.2) is 4.79 Å². The van der Waals surface area contributed by atoms with Crippen LogP contribution in [0.1, 0.15) is 5.56 Å². The lowest BCUT2D eigenvalue weighted by Crippen LogP contribution is -2.23. The summed E-state index contributed by atoms with van der Waals surface area (Å²) in [6.07, 6.45) is 3.39. The molecule has 0 aliphatic carbocycles. The number of anilines is 1. The SMILES string of the molecule is COc1ccc(NC(=O)N/C=C/c2ccc(Br)cc2)cc1OC. The summed E-state index contributed by atoms with van der Waals surface area (Å²) >= 11 is 3.37. The average molecular weight is 377 g/mol. The zero-order valence-electron chi connectivity index (χ0n) is 12.8. The molecule has 0 bridgehead atoms. The number of amides is 2. The maximum atomic E-state index is 11.9. The lowest BCUT2D eigenvalue weighted by Gasteiger charge is -2.10. The van der Waals surface area contributed by atoms with E-state index in [-0.39, 0.29) is 6.03 Å². The molecular formula is C17H17BrN2O3. The molecule has 2 N–H and O–H groups in total. The van der Waals surface area contributed by atoms with Gasteiger partial charge in [-0.15, -0.1) is 0 Å². The number of rotatable bonds is 5.